The number of ether oxygens (including phenoxy) is 6. The average Bonchev–Trinajstić information content (AvgIpc) is 3.67. The van der Waals surface area contributed by atoms with Crippen LogP contribution in [0.5, 0.6) is 0 Å². The number of anilines is 1. The lowest BCUT2D eigenvalue weighted by atomic mass is 9.76. The van der Waals surface area contributed by atoms with Crippen LogP contribution in [-0.2, 0) is 84.5 Å². The summed E-state index contributed by atoms with van der Waals surface area (Å²) in [5.74, 6) is -2.10. The standard InChI is InChI=1S/C48H70N2O20S4/c1-47(19-10-34-71(53,54)55)40-36-38(73(59,60)61)15-17-42(40)49(21-9-5-8-14-46(51)52)44(47)12-6-4-7-13-45-48(2,20-11-35-72(56,57)58)41-37-39(74(62,63)64)16-18-43(41)50(45)22-23-66-26-27-68-30-31-70-33-32-69-29-28-67-25-24-65-3/h4,6-7,12-13,15-18,36-37H,5,8-11,14,19-35H2,1-3H3,(H4-,51,52,53,54,55,56,57,58,59,60,61,62,63,64)/p+1. The van der Waals surface area contributed by atoms with Gasteiger partial charge < -0.3 is 38.4 Å². The molecule has 0 spiro atoms. The molecule has 0 radical (unpaired) electrons. The summed E-state index contributed by atoms with van der Waals surface area (Å²) in [6.07, 6.45) is 10.2. The number of hydrogen-bond donors (Lipinski definition) is 5. The average molecular weight is 1120 g/mol. The van der Waals surface area contributed by atoms with Crippen LogP contribution in [-0.4, -0.2) is 178 Å². The molecule has 2 aliphatic heterocycles. The molecule has 4 rings (SSSR count). The molecule has 0 aliphatic carbocycles. The maximum atomic E-state index is 12.4. The maximum absolute atomic E-state index is 12.4. The Morgan fingerprint density at radius 3 is 1.62 bits per heavy atom. The van der Waals surface area contributed by atoms with Crippen LogP contribution in [0, 0.1) is 0 Å². The molecule has 416 valence electrons. The van der Waals surface area contributed by atoms with E-state index in [1.165, 1.54) is 36.4 Å². The number of fused-ring (bicyclic) bond motifs is 2. The van der Waals surface area contributed by atoms with Crippen molar-refractivity contribution in [2.75, 3.05) is 109 Å². The van der Waals surface area contributed by atoms with E-state index in [1.807, 2.05) is 9.48 Å². The van der Waals surface area contributed by atoms with Crippen molar-refractivity contribution in [1.29, 1.82) is 0 Å². The monoisotopic (exact) mass is 1120 g/mol. The highest BCUT2D eigenvalue weighted by molar-refractivity contribution is 7.86. The first-order chi connectivity index (χ1) is 34.8. The van der Waals surface area contributed by atoms with Crippen molar-refractivity contribution in [3.8, 4) is 0 Å². The molecule has 0 aromatic heterocycles. The van der Waals surface area contributed by atoms with E-state index >= 15 is 0 Å². The molecule has 2 aromatic carbocycles. The minimum absolute atomic E-state index is 0.0294. The molecule has 2 heterocycles. The van der Waals surface area contributed by atoms with Gasteiger partial charge in [0.15, 0.2) is 5.71 Å². The van der Waals surface area contributed by atoms with Crippen LogP contribution in [0.3, 0.4) is 0 Å². The number of carbonyl (C=O) groups is 1. The van der Waals surface area contributed by atoms with Crippen molar-refractivity contribution >= 4 is 63.5 Å². The van der Waals surface area contributed by atoms with Gasteiger partial charge in [0.2, 0.25) is 5.69 Å². The van der Waals surface area contributed by atoms with Gasteiger partial charge in [0, 0.05) is 61.0 Å². The Balaban J connectivity index is 1.62. The van der Waals surface area contributed by atoms with Crippen LogP contribution in [0.25, 0.3) is 0 Å². The van der Waals surface area contributed by atoms with Crippen LogP contribution in [0.2, 0.25) is 0 Å². The molecular formula is C48H71N2O20S4+. The van der Waals surface area contributed by atoms with Crippen LogP contribution in [0.15, 0.2) is 82.3 Å². The van der Waals surface area contributed by atoms with Gasteiger partial charge in [-0.15, -0.1) is 0 Å². The number of rotatable bonds is 37. The Morgan fingerprint density at radius 1 is 0.608 bits per heavy atom. The zero-order valence-electron chi connectivity index (χ0n) is 42.0. The summed E-state index contributed by atoms with van der Waals surface area (Å²) >= 11 is 0. The molecule has 74 heavy (non-hydrogen) atoms. The maximum Gasteiger partial charge on any atom is 0.303 e. The molecule has 5 N–H and O–H groups in total. The fourth-order valence-corrected chi connectivity index (χ4v) is 11.0. The molecule has 0 saturated carbocycles. The number of benzene rings is 2. The van der Waals surface area contributed by atoms with E-state index < -0.39 is 68.8 Å². The highest BCUT2D eigenvalue weighted by Gasteiger charge is 2.48. The summed E-state index contributed by atoms with van der Waals surface area (Å²) in [5, 5.41) is 9.19. The number of aliphatic carboxylic acids is 1. The van der Waals surface area contributed by atoms with Crippen molar-refractivity contribution < 1.29 is 94.8 Å². The van der Waals surface area contributed by atoms with E-state index in [0.717, 1.165) is 0 Å². The summed E-state index contributed by atoms with van der Waals surface area (Å²) in [5.41, 5.74) is 1.13. The molecule has 26 heteroatoms. The fourth-order valence-electron chi connectivity index (χ4n) is 8.97. The summed E-state index contributed by atoms with van der Waals surface area (Å²) in [4.78, 5) is 12.3. The molecule has 0 saturated heterocycles. The number of allylic oxidation sites excluding steroid dienone is 6. The van der Waals surface area contributed by atoms with Crippen molar-refractivity contribution in [2.45, 2.75) is 85.8 Å². The molecule has 0 amide bonds. The lowest BCUT2D eigenvalue weighted by molar-refractivity contribution is -0.438. The van der Waals surface area contributed by atoms with E-state index in [-0.39, 0.29) is 68.3 Å². The lowest BCUT2D eigenvalue weighted by Crippen LogP contribution is -2.32. The summed E-state index contributed by atoms with van der Waals surface area (Å²) in [6, 6.07) is 8.24. The molecule has 22 nitrogen and oxygen atoms in total. The Labute approximate surface area is 435 Å². The minimum Gasteiger partial charge on any atom is -0.481 e. The summed E-state index contributed by atoms with van der Waals surface area (Å²) in [6.45, 7) is 8.13. The zero-order chi connectivity index (χ0) is 54.6. The summed E-state index contributed by atoms with van der Waals surface area (Å²) in [7, 11) is -16.5. The first-order valence-corrected chi connectivity index (χ1v) is 30.1. The minimum atomic E-state index is -4.67. The van der Waals surface area contributed by atoms with E-state index in [4.69, 9.17) is 28.4 Å². The van der Waals surface area contributed by atoms with Gasteiger partial charge in [-0.05, 0) is 94.3 Å². The molecule has 2 aromatic rings. The van der Waals surface area contributed by atoms with Crippen LogP contribution < -0.4 is 4.90 Å². The van der Waals surface area contributed by atoms with Gasteiger partial charge in [-0.3, -0.25) is 23.0 Å². The second-order valence-electron chi connectivity index (χ2n) is 18.0. The van der Waals surface area contributed by atoms with E-state index in [9.17, 15) is 61.8 Å². The second-order valence-corrected chi connectivity index (χ2v) is 24.0. The second kappa shape index (κ2) is 28.9. The first kappa shape index (κ1) is 62.5. The third kappa shape index (κ3) is 19.5. The van der Waals surface area contributed by atoms with Crippen molar-refractivity contribution in [2.24, 2.45) is 0 Å². The molecule has 2 unspecified atom stereocenters. The normalized spacial score (nSPS) is 18.9. The Hall–Kier alpha value is -4.00. The molecule has 2 aliphatic rings. The van der Waals surface area contributed by atoms with Crippen molar-refractivity contribution in [1.82, 2.24) is 0 Å². The molecular weight excluding hydrogens is 1050 g/mol. The third-order valence-corrected chi connectivity index (χ3v) is 15.9. The smallest absolute Gasteiger partial charge is 0.303 e. The Kier molecular flexibility index (Phi) is 24.5. The fraction of sp³-hybridized carbons (Fsp3) is 0.583. The SMILES string of the molecule is COCCOCCOCCOCCOCCOCCN1C(=CC=CC=CC2=[N+](CCCCCC(=O)O)c3ccc(S(=O)(=O)O)cc3C2(C)CCCS(=O)(=O)O)C(C)(CCCS(=O)(=O)O)c2cc(S(=O)(=O)O)ccc21. The van der Waals surface area contributed by atoms with Gasteiger partial charge in [-0.25, -0.2) is 0 Å². The van der Waals surface area contributed by atoms with Crippen LogP contribution in [0.1, 0.15) is 76.3 Å². The van der Waals surface area contributed by atoms with Gasteiger partial charge in [0.25, 0.3) is 40.5 Å². The number of carboxylic acid groups (broad SMARTS) is 1. The first-order valence-electron chi connectivity index (χ1n) is 24.0. The molecule has 2 atom stereocenters. The van der Waals surface area contributed by atoms with Gasteiger partial charge >= 0.3 is 5.97 Å². The van der Waals surface area contributed by atoms with E-state index in [1.54, 1.807) is 51.3 Å². The number of nitrogens with zero attached hydrogens (tertiary/aromatic N) is 2. The van der Waals surface area contributed by atoms with Crippen LogP contribution in [0.4, 0.5) is 11.4 Å². The quantitative estimate of drug-likeness (QED) is 0.0257. The topological polar surface area (TPSA) is 316 Å². The number of methoxy groups -OCH3 is 1. The summed E-state index contributed by atoms with van der Waals surface area (Å²) < 4.78 is 171. The van der Waals surface area contributed by atoms with Gasteiger partial charge in [-0.1, -0.05) is 18.2 Å². The van der Waals surface area contributed by atoms with Crippen molar-refractivity contribution in [3.05, 3.63) is 83.6 Å². The van der Waals surface area contributed by atoms with Gasteiger partial charge in [0.1, 0.15) is 6.54 Å². The highest BCUT2D eigenvalue weighted by atomic mass is 32.2. The van der Waals surface area contributed by atoms with Gasteiger partial charge in [-0.2, -0.15) is 38.2 Å². The third-order valence-electron chi connectivity index (χ3n) is 12.6. The number of unbranched alkanes of at least 4 members (excludes halogenated alkanes) is 2. The zero-order valence-corrected chi connectivity index (χ0v) is 45.3. The predicted octanol–water partition coefficient (Wildman–Crippen LogP) is 5.02. The van der Waals surface area contributed by atoms with E-state index in [0.29, 0.717) is 113 Å². The van der Waals surface area contributed by atoms with Crippen LogP contribution >= 0.6 is 0 Å². The number of hydrogen-bond acceptors (Lipinski definition) is 16. The van der Waals surface area contributed by atoms with E-state index in [2.05, 4.69) is 0 Å². The predicted molar refractivity (Wildman–Crippen MR) is 274 cm³/mol. The number of carboxylic acids is 1. The lowest BCUT2D eigenvalue weighted by Gasteiger charge is -2.30. The molecule has 0 bridgehead atoms. The highest BCUT2D eigenvalue weighted by Crippen LogP contribution is 2.51. The Bertz CT molecular complexity index is 2780. The largest absolute Gasteiger partial charge is 0.481 e. The van der Waals surface area contributed by atoms with Gasteiger partial charge in [0.05, 0.1) is 99.4 Å². The van der Waals surface area contributed by atoms with Crippen molar-refractivity contribution in [3.63, 3.8) is 0 Å². The Morgan fingerprint density at radius 2 is 1.11 bits per heavy atom. The molecule has 0 fully saturated rings.